The highest BCUT2D eigenvalue weighted by Gasteiger charge is 2.17. The minimum atomic E-state index is -1.02. The SMILES string of the molecule is Cc1cc(C)cc(-n2nc(-c3ccccn3)cc2C(=O)O)c1. The molecule has 3 rings (SSSR count). The first-order chi connectivity index (χ1) is 10.5. The summed E-state index contributed by atoms with van der Waals surface area (Å²) in [5.74, 6) is -1.02. The van der Waals surface area contributed by atoms with Crippen molar-refractivity contribution in [3.8, 4) is 17.1 Å². The molecule has 0 fully saturated rings. The van der Waals surface area contributed by atoms with E-state index in [1.54, 1.807) is 18.3 Å². The third-order valence-corrected chi connectivity index (χ3v) is 3.31. The van der Waals surface area contributed by atoms with Crippen LogP contribution in [0.4, 0.5) is 0 Å². The van der Waals surface area contributed by atoms with Crippen molar-refractivity contribution in [3.63, 3.8) is 0 Å². The second-order valence-corrected chi connectivity index (χ2v) is 5.19. The van der Waals surface area contributed by atoms with Gasteiger partial charge in [0.25, 0.3) is 0 Å². The van der Waals surface area contributed by atoms with Crippen LogP contribution in [0.5, 0.6) is 0 Å². The zero-order valence-corrected chi connectivity index (χ0v) is 12.3. The molecule has 1 N–H and O–H groups in total. The molecule has 0 radical (unpaired) electrons. The number of benzene rings is 1. The lowest BCUT2D eigenvalue weighted by Crippen LogP contribution is -2.08. The number of pyridine rings is 1. The first kappa shape index (κ1) is 14.0. The number of aryl methyl sites for hydroxylation is 2. The Balaban J connectivity index is 2.18. The molecule has 22 heavy (non-hydrogen) atoms. The maximum Gasteiger partial charge on any atom is 0.354 e. The quantitative estimate of drug-likeness (QED) is 0.805. The van der Waals surface area contributed by atoms with E-state index in [2.05, 4.69) is 10.1 Å². The summed E-state index contributed by atoms with van der Waals surface area (Å²) >= 11 is 0. The van der Waals surface area contributed by atoms with Crippen molar-refractivity contribution in [2.45, 2.75) is 13.8 Å². The fourth-order valence-corrected chi connectivity index (χ4v) is 2.44. The number of carboxylic acid groups (broad SMARTS) is 1. The number of aromatic carboxylic acids is 1. The summed E-state index contributed by atoms with van der Waals surface area (Å²) in [4.78, 5) is 15.8. The van der Waals surface area contributed by atoms with E-state index in [-0.39, 0.29) is 5.69 Å². The van der Waals surface area contributed by atoms with E-state index < -0.39 is 5.97 Å². The zero-order chi connectivity index (χ0) is 15.7. The smallest absolute Gasteiger partial charge is 0.354 e. The molecular formula is C17H15N3O2. The van der Waals surface area contributed by atoms with Gasteiger partial charge in [-0.3, -0.25) is 4.98 Å². The van der Waals surface area contributed by atoms with E-state index in [1.807, 2.05) is 44.2 Å². The number of rotatable bonds is 3. The van der Waals surface area contributed by atoms with Crippen LogP contribution in [0.3, 0.4) is 0 Å². The highest BCUT2D eigenvalue weighted by atomic mass is 16.4. The minimum absolute atomic E-state index is 0.116. The van der Waals surface area contributed by atoms with Gasteiger partial charge in [0.2, 0.25) is 0 Å². The van der Waals surface area contributed by atoms with Crippen molar-refractivity contribution in [2.24, 2.45) is 0 Å². The van der Waals surface area contributed by atoms with Crippen LogP contribution in [-0.4, -0.2) is 25.8 Å². The molecule has 0 bridgehead atoms. The van der Waals surface area contributed by atoms with Gasteiger partial charge in [-0.1, -0.05) is 12.1 Å². The van der Waals surface area contributed by atoms with Gasteiger partial charge in [0.05, 0.1) is 11.4 Å². The normalized spacial score (nSPS) is 10.6. The molecule has 3 aromatic rings. The van der Waals surface area contributed by atoms with E-state index in [9.17, 15) is 9.90 Å². The van der Waals surface area contributed by atoms with Crippen LogP contribution in [0, 0.1) is 13.8 Å². The number of hydrogen-bond donors (Lipinski definition) is 1. The summed E-state index contributed by atoms with van der Waals surface area (Å²) in [7, 11) is 0. The zero-order valence-electron chi connectivity index (χ0n) is 12.3. The molecular weight excluding hydrogens is 278 g/mol. The Morgan fingerprint density at radius 1 is 1.05 bits per heavy atom. The molecule has 0 amide bonds. The molecule has 0 aliphatic rings. The van der Waals surface area contributed by atoms with Crippen molar-refractivity contribution in [3.05, 3.63) is 65.5 Å². The number of aromatic nitrogens is 3. The molecule has 0 saturated heterocycles. The van der Waals surface area contributed by atoms with Gasteiger partial charge < -0.3 is 5.11 Å². The van der Waals surface area contributed by atoms with Crippen molar-refractivity contribution >= 4 is 5.97 Å². The molecule has 0 aliphatic heterocycles. The molecule has 2 aromatic heterocycles. The van der Waals surface area contributed by atoms with E-state index >= 15 is 0 Å². The van der Waals surface area contributed by atoms with Gasteiger partial charge in [-0.15, -0.1) is 0 Å². The highest BCUT2D eigenvalue weighted by Crippen LogP contribution is 2.21. The van der Waals surface area contributed by atoms with Gasteiger partial charge >= 0.3 is 5.97 Å². The Morgan fingerprint density at radius 2 is 1.77 bits per heavy atom. The molecule has 5 heteroatoms. The minimum Gasteiger partial charge on any atom is -0.477 e. The summed E-state index contributed by atoms with van der Waals surface area (Å²) in [6, 6.07) is 12.9. The molecule has 2 heterocycles. The molecule has 0 spiro atoms. The van der Waals surface area contributed by atoms with Crippen LogP contribution in [-0.2, 0) is 0 Å². The van der Waals surface area contributed by atoms with Crippen LogP contribution in [0.15, 0.2) is 48.7 Å². The Kier molecular flexibility index (Phi) is 3.47. The monoisotopic (exact) mass is 293 g/mol. The Hall–Kier alpha value is -2.95. The molecule has 0 aliphatic carbocycles. The van der Waals surface area contributed by atoms with E-state index in [0.29, 0.717) is 11.4 Å². The van der Waals surface area contributed by atoms with Crippen molar-refractivity contribution in [1.82, 2.24) is 14.8 Å². The molecule has 5 nitrogen and oxygen atoms in total. The first-order valence-electron chi connectivity index (χ1n) is 6.88. The van der Waals surface area contributed by atoms with E-state index in [1.165, 1.54) is 4.68 Å². The van der Waals surface area contributed by atoms with Gasteiger partial charge in [0.1, 0.15) is 5.69 Å². The second kappa shape index (κ2) is 5.44. The predicted molar refractivity (Wildman–Crippen MR) is 83.2 cm³/mol. The largest absolute Gasteiger partial charge is 0.477 e. The van der Waals surface area contributed by atoms with Crippen molar-refractivity contribution in [2.75, 3.05) is 0 Å². The summed E-state index contributed by atoms with van der Waals surface area (Å²) in [5, 5.41) is 13.9. The summed E-state index contributed by atoms with van der Waals surface area (Å²) in [6.45, 7) is 3.94. The standard InChI is InChI=1S/C17H15N3O2/c1-11-7-12(2)9-13(8-11)20-16(17(21)22)10-15(19-20)14-5-3-4-6-18-14/h3-10H,1-2H3,(H,21,22). The Morgan fingerprint density at radius 3 is 2.36 bits per heavy atom. The topological polar surface area (TPSA) is 68.0 Å². The van der Waals surface area contributed by atoms with Crippen LogP contribution in [0.2, 0.25) is 0 Å². The molecule has 0 atom stereocenters. The first-order valence-corrected chi connectivity index (χ1v) is 6.88. The van der Waals surface area contributed by atoms with Gasteiger partial charge in [-0.2, -0.15) is 5.10 Å². The fraction of sp³-hybridized carbons (Fsp3) is 0.118. The van der Waals surface area contributed by atoms with Gasteiger partial charge in [-0.05, 0) is 49.2 Å². The predicted octanol–water partition coefficient (Wildman–Crippen LogP) is 3.25. The summed E-state index contributed by atoms with van der Waals surface area (Å²) in [6.07, 6.45) is 1.66. The van der Waals surface area contributed by atoms with Crippen LogP contribution < -0.4 is 0 Å². The lowest BCUT2D eigenvalue weighted by atomic mass is 10.1. The number of hydrogen-bond acceptors (Lipinski definition) is 3. The summed E-state index contributed by atoms with van der Waals surface area (Å²) in [5.41, 5.74) is 4.15. The second-order valence-electron chi connectivity index (χ2n) is 5.19. The molecule has 1 aromatic carbocycles. The van der Waals surface area contributed by atoms with Gasteiger partial charge in [-0.25, -0.2) is 9.48 Å². The summed E-state index contributed by atoms with van der Waals surface area (Å²) < 4.78 is 1.45. The van der Waals surface area contributed by atoms with Crippen molar-refractivity contribution in [1.29, 1.82) is 0 Å². The number of carbonyl (C=O) groups is 1. The third-order valence-electron chi connectivity index (χ3n) is 3.31. The lowest BCUT2D eigenvalue weighted by molar-refractivity contribution is 0.0687. The number of nitrogens with zero attached hydrogens (tertiary/aromatic N) is 3. The van der Waals surface area contributed by atoms with Gasteiger partial charge in [0, 0.05) is 12.3 Å². The average molecular weight is 293 g/mol. The molecule has 0 unspecified atom stereocenters. The maximum atomic E-state index is 11.5. The van der Waals surface area contributed by atoms with Gasteiger partial charge in [0.15, 0.2) is 5.69 Å². The number of carboxylic acids is 1. The third kappa shape index (κ3) is 2.61. The Labute approximate surface area is 127 Å². The maximum absolute atomic E-state index is 11.5. The van der Waals surface area contributed by atoms with Crippen LogP contribution in [0.25, 0.3) is 17.1 Å². The van der Waals surface area contributed by atoms with Crippen LogP contribution >= 0.6 is 0 Å². The highest BCUT2D eigenvalue weighted by molar-refractivity contribution is 5.88. The molecule has 0 saturated carbocycles. The average Bonchev–Trinajstić information content (AvgIpc) is 2.92. The molecule has 110 valence electrons. The Bertz CT molecular complexity index is 818. The fourth-order valence-electron chi connectivity index (χ4n) is 2.44. The van der Waals surface area contributed by atoms with E-state index in [4.69, 9.17) is 0 Å². The van der Waals surface area contributed by atoms with Crippen molar-refractivity contribution < 1.29 is 9.90 Å². The lowest BCUT2D eigenvalue weighted by Gasteiger charge is -2.07. The van der Waals surface area contributed by atoms with Crippen LogP contribution in [0.1, 0.15) is 21.6 Å². The van der Waals surface area contributed by atoms with E-state index in [0.717, 1.165) is 16.8 Å².